The Balaban J connectivity index is 1.75. The minimum atomic E-state index is -2.83. The van der Waals surface area contributed by atoms with Crippen molar-refractivity contribution in [3.8, 4) is 16.9 Å². The van der Waals surface area contributed by atoms with E-state index in [1.54, 1.807) is 0 Å². The first-order valence-corrected chi connectivity index (χ1v) is 11.1. The topological polar surface area (TPSA) is 85.5 Å². The van der Waals surface area contributed by atoms with Crippen LogP contribution in [0.15, 0.2) is 48.7 Å². The van der Waals surface area contributed by atoms with Crippen LogP contribution >= 0.6 is 23.2 Å². The van der Waals surface area contributed by atoms with Crippen molar-refractivity contribution >= 4 is 40.8 Å². The predicted molar refractivity (Wildman–Crippen MR) is 126 cm³/mol. The summed E-state index contributed by atoms with van der Waals surface area (Å²) in [5.41, 5.74) is 5.93. The van der Waals surface area contributed by atoms with Gasteiger partial charge in [0.2, 0.25) is 5.91 Å². The molecule has 1 heterocycles. The molecule has 0 bridgehead atoms. The predicted octanol–water partition coefficient (Wildman–Crippen LogP) is 5.60. The number of nitrogens with two attached hydrogens (primary N) is 1. The highest BCUT2D eigenvalue weighted by Crippen LogP contribution is 2.49. The smallest absolute Gasteiger partial charge is 0.263 e. The third-order valence-corrected chi connectivity index (χ3v) is 6.23. The number of benzene rings is 2. The lowest BCUT2D eigenvalue weighted by atomic mass is 10.0. The fourth-order valence-corrected chi connectivity index (χ4v) is 3.92. The standard InChI is InChI=1S/C24H18Cl2F3N3O3/c1-32(23(34)20-17(26)3-2-4-18(20)27)22-19(35-11-14-9-24(14,28)29)8-13(10-31-22)15-7-12(21(30)33)5-6-16(15)25/h2-8,10,14H,9,11H2,1H3,(H2,30,33). The SMILES string of the molecule is CN(C(=O)c1c(F)cccc1Cl)c1ncc(-c2cc(C(N)=O)ccc2Cl)cc1OCC1CC1(F)F. The quantitative estimate of drug-likeness (QED) is 0.436. The fourth-order valence-electron chi connectivity index (χ4n) is 3.45. The number of pyridine rings is 1. The molecule has 1 atom stereocenters. The lowest BCUT2D eigenvalue weighted by Crippen LogP contribution is -2.29. The van der Waals surface area contributed by atoms with E-state index in [2.05, 4.69) is 4.98 Å². The number of ether oxygens (including phenoxy) is 1. The second kappa shape index (κ2) is 9.39. The molecule has 0 spiro atoms. The third-order valence-electron chi connectivity index (χ3n) is 5.59. The van der Waals surface area contributed by atoms with Gasteiger partial charge in [0.1, 0.15) is 5.82 Å². The van der Waals surface area contributed by atoms with E-state index in [0.29, 0.717) is 11.1 Å². The summed E-state index contributed by atoms with van der Waals surface area (Å²) in [7, 11) is 1.33. The van der Waals surface area contributed by atoms with Gasteiger partial charge in [0.05, 0.1) is 23.1 Å². The zero-order valence-electron chi connectivity index (χ0n) is 18.2. The summed E-state index contributed by atoms with van der Waals surface area (Å²) in [6.07, 6.45) is 1.04. The van der Waals surface area contributed by atoms with Crippen LogP contribution in [0.3, 0.4) is 0 Å². The molecule has 182 valence electrons. The van der Waals surface area contributed by atoms with Crippen molar-refractivity contribution in [2.75, 3.05) is 18.6 Å². The number of carbonyl (C=O) groups is 2. The van der Waals surface area contributed by atoms with Crippen LogP contribution in [0.5, 0.6) is 5.75 Å². The Kier molecular flexibility index (Phi) is 6.66. The average Bonchev–Trinajstić information content (AvgIpc) is 3.43. The fraction of sp³-hybridized carbons (Fsp3) is 0.208. The summed E-state index contributed by atoms with van der Waals surface area (Å²) in [5.74, 6) is -6.20. The molecule has 4 rings (SSSR count). The summed E-state index contributed by atoms with van der Waals surface area (Å²) in [6.45, 7) is -0.331. The highest BCUT2D eigenvalue weighted by atomic mass is 35.5. The molecular formula is C24H18Cl2F3N3O3. The number of hydrogen-bond acceptors (Lipinski definition) is 4. The second-order valence-electron chi connectivity index (χ2n) is 8.04. The third kappa shape index (κ3) is 5.06. The zero-order valence-corrected chi connectivity index (χ0v) is 19.7. The maximum atomic E-state index is 14.3. The van der Waals surface area contributed by atoms with Gasteiger partial charge in [-0.2, -0.15) is 0 Å². The number of halogens is 5. The van der Waals surface area contributed by atoms with Crippen LogP contribution in [0, 0.1) is 11.7 Å². The molecule has 11 heteroatoms. The molecule has 1 aliphatic carbocycles. The molecule has 2 amide bonds. The molecule has 0 radical (unpaired) electrons. The number of primary amides is 1. The van der Waals surface area contributed by atoms with E-state index >= 15 is 0 Å². The van der Waals surface area contributed by atoms with Gasteiger partial charge in [-0.25, -0.2) is 18.2 Å². The van der Waals surface area contributed by atoms with Crippen molar-refractivity contribution < 1.29 is 27.5 Å². The van der Waals surface area contributed by atoms with E-state index in [0.717, 1.165) is 11.0 Å². The number of hydrogen-bond donors (Lipinski definition) is 1. The Morgan fingerprint density at radius 1 is 1.20 bits per heavy atom. The molecule has 1 saturated carbocycles. The Morgan fingerprint density at radius 3 is 2.54 bits per heavy atom. The molecule has 0 aliphatic heterocycles. The molecule has 1 aliphatic rings. The van der Waals surface area contributed by atoms with Crippen LogP contribution in [-0.4, -0.2) is 36.4 Å². The van der Waals surface area contributed by atoms with E-state index in [9.17, 15) is 22.8 Å². The van der Waals surface area contributed by atoms with Crippen LogP contribution in [0.25, 0.3) is 11.1 Å². The van der Waals surface area contributed by atoms with Crippen LogP contribution in [0.4, 0.5) is 19.0 Å². The van der Waals surface area contributed by atoms with E-state index in [1.165, 1.54) is 49.6 Å². The first-order valence-electron chi connectivity index (χ1n) is 10.3. The van der Waals surface area contributed by atoms with Crippen molar-refractivity contribution in [3.05, 3.63) is 75.7 Å². The molecular weight excluding hydrogens is 506 g/mol. The Bertz CT molecular complexity index is 1320. The molecule has 0 saturated heterocycles. The van der Waals surface area contributed by atoms with Gasteiger partial charge in [-0.05, 0) is 36.4 Å². The number of alkyl halides is 2. The van der Waals surface area contributed by atoms with E-state index < -0.39 is 29.5 Å². The Hall–Kier alpha value is -3.30. The lowest BCUT2D eigenvalue weighted by Gasteiger charge is -2.21. The number of anilines is 1. The van der Waals surface area contributed by atoms with Gasteiger partial charge in [0.15, 0.2) is 11.6 Å². The molecule has 1 fully saturated rings. The minimum Gasteiger partial charge on any atom is -0.489 e. The van der Waals surface area contributed by atoms with Crippen molar-refractivity contribution in [2.45, 2.75) is 12.3 Å². The summed E-state index contributed by atoms with van der Waals surface area (Å²) >= 11 is 12.3. The first-order chi connectivity index (χ1) is 16.5. The summed E-state index contributed by atoms with van der Waals surface area (Å²) < 4.78 is 46.9. The summed E-state index contributed by atoms with van der Waals surface area (Å²) in [6, 6.07) is 9.64. The first kappa shape index (κ1) is 24.8. The normalized spacial score (nSPS) is 16.0. The van der Waals surface area contributed by atoms with Crippen LogP contribution in [0.1, 0.15) is 27.1 Å². The summed E-state index contributed by atoms with van der Waals surface area (Å²) in [4.78, 5) is 29.9. The molecule has 2 aromatic carbocycles. The van der Waals surface area contributed by atoms with Crippen molar-refractivity contribution in [2.24, 2.45) is 11.7 Å². The number of amides is 2. The molecule has 1 unspecified atom stereocenters. The lowest BCUT2D eigenvalue weighted by molar-refractivity contribution is 0.0853. The number of aromatic nitrogens is 1. The van der Waals surface area contributed by atoms with Gasteiger partial charge in [0, 0.05) is 41.4 Å². The van der Waals surface area contributed by atoms with Crippen molar-refractivity contribution in [1.82, 2.24) is 4.98 Å². The zero-order chi connectivity index (χ0) is 25.5. The average molecular weight is 524 g/mol. The van der Waals surface area contributed by atoms with E-state index in [4.69, 9.17) is 33.7 Å². The summed E-state index contributed by atoms with van der Waals surface area (Å²) in [5, 5.41) is 0.167. The van der Waals surface area contributed by atoms with Crippen LogP contribution < -0.4 is 15.4 Å². The Labute approximate surface area is 208 Å². The van der Waals surface area contributed by atoms with Gasteiger partial charge in [0.25, 0.3) is 11.8 Å². The highest BCUT2D eigenvalue weighted by molar-refractivity contribution is 6.34. The molecule has 2 N–H and O–H groups in total. The van der Waals surface area contributed by atoms with E-state index in [1.807, 2.05) is 0 Å². The Morgan fingerprint density at radius 2 is 1.91 bits per heavy atom. The van der Waals surface area contributed by atoms with E-state index in [-0.39, 0.29) is 45.8 Å². The highest BCUT2D eigenvalue weighted by Gasteiger charge is 2.57. The van der Waals surface area contributed by atoms with Gasteiger partial charge in [-0.15, -0.1) is 0 Å². The maximum absolute atomic E-state index is 14.3. The number of carbonyl (C=O) groups excluding carboxylic acids is 2. The van der Waals surface area contributed by atoms with Crippen molar-refractivity contribution in [3.63, 3.8) is 0 Å². The monoisotopic (exact) mass is 523 g/mol. The largest absolute Gasteiger partial charge is 0.489 e. The number of rotatable bonds is 7. The van der Waals surface area contributed by atoms with Gasteiger partial charge < -0.3 is 10.5 Å². The molecule has 35 heavy (non-hydrogen) atoms. The molecule has 6 nitrogen and oxygen atoms in total. The number of nitrogens with zero attached hydrogens (tertiary/aromatic N) is 2. The van der Waals surface area contributed by atoms with Crippen LogP contribution in [-0.2, 0) is 0 Å². The van der Waals surface area contributed by atoms with Crippen LogP contribution in [0.2, 0.25) is 10.0 Å². The maximum Gasteiger partial charge on any atom is 0.263 e. The second-order valence-corrected chi connectivity index (χ2v) is 8.85. The van der Waals surface area contributed by atoms with Gasteiger partial charge in [-0.1, -0.05) is 29.3 Å². The molecule has 1 aromatic heterocycles. The van der Waals surface area contributed by atoms with Crippen molar-refractivity contribution in [1.29, 1.82) is 0 Å². The minimum absolute atomic E-state index is 0.0194. The molecule has 3 aromatic rings. The van der Waals surface area contributed by atoms with Gasteiger partial charge >= 0.3 is 0 Å². The van der Waals surface area contributed by atoms with Gasteiger partial charge in [-0.3, -0.25) is 14.5 Å².